The van der Waals surface area contributed by atoms with E-state index in [-0.39, 0.29) is 5.56 Å². The zero-order chi connectivity index (χ0) is 16.4. The largest absolute Gasteiger partial charge is 0.416 e. The van der Waals surface area contributed by atoms with Crippen LogP contribution >= 0.6 is 0 Å². The lowest BCUT2D eigenvalue weighted by Crippen LogP contribution is -2.20. The van der Waals surface area contributed by atoms with Crippen molar-refractivity contribution in [2.24, 2.45) is 0 Å². The molecule has 0 saturated heterocycles. The maximum Gasteiger partial charge on any atom is 0.416 e. The van der Waals surface area contributed by atoms with Crippen molar-refractivity contribution in [3.8, 4) is 0 Å². The van der Waals surface area contributed by atoms with Crippen LogP contribution < -0.4 is 16.0 Å². The molecule has 0 saturated carbocycles. The van der Waals surface area contributed by atoms with Gasteiger partial charge in [-0.05, 0) is 42.5 Å². The minimum Gasteiger partial charge on any atom is -0.382 e. The predicted octanol–water partition coefficient (Wildman–Crippen LogP) is 3.80. The van der Waals surface area contributed by atoms with E-state index in [0.29, 0.717) is 5.69 Å². The lowest BCUT2D eigenvalue weighted by molar-refractivity contribution is -0.137. The number of carbonyl (C=O) groups is 1. The van der Waals surface area contributed by atoms with Crippen molar-refractivity contribution in [1.29, 1.82) is 0 Å². The Kier molecular flexibility index (Phi) is 3.85. The molecular weight excluding hydrogens is 307 g/mol. The third kappa shape index (κ3) is 3.39. The second-order valence-corrected chi connectivity index (χ2v) is 5.14. The number of fused-ring (bicyclic) bond motifs is 1. The topological polar surface area (TPSA) is 53.2 Å². The Balaban J connectivity index is 1.74. The van der Waals surface area contributed by atoms with Gasteiger partial charge in [-0.3, -0.25) is 4.79 Å². The maximum absolute atomic E-state index is 12.5. The second kappa shape index (κ2) is 5.83. The van der Waals surface area contributed by atoms with E-state index in [9.17, 15) is 18.0 Å². The lowest BCUT2D eigenvalue weighted by Gasteiger charge is -2.20. The molecule has 2 aromatic rings. The number of hydrogen-bond donors (Lipinski definition) is 3. The molecule has 0 fully saturated rings. The number of halogens is 3. The van der Waals surface area contributed by atoms with Crippen LogP contribution in [-0.4, -0.2) is 19.0 Å². The highest BCUT2D eigenvalue weighted by Crippen LogP contribution is 2.30. The van der Waals surface area contributed by atoms with Gasteiger partial charge in [-0.25, -0.2) is 0 Å². The summed E-state index contributed by atoms with van der Waals surface area (Å²) in [5.74, 6) is -0.456. The number of amides is 1. The fourth-order valence-electron chi connectivity index (χ4n) is 2.33. The molecule has 0 unspecified atom stereocenters. The van der Waals surface area contributed by atoms with Gasteiger partial charge < -0.3 is 16.0 Å². The number of anilines is 3. The van der Waals surface area contributed by atoms with Gasteiger partial charge >= 0.3 is 6.18 Å². The van der Waals surface area contributed by atoms with Crippen molar-refractivity contribution >= 4 is 23.0 Å². The summed E-state index contributed by atoms with van der Waals surface area (Å²) < 4.78 is 37.5. The standard InChI is InChI=1S/C16H14F3N3O/c17-16(18,19)11-3-1-10(2-4-11)15(23)22-12-5-6-13-14(9-12)21-8-7-20-13/h1-6,9,20-21H,7-8H2,(H,22,23). The minimum atomic E-state index is -4.41. The highest BCUT2D eigenvalue weighted by molar-refractivity contribution is 6.04. The molecule has 0 radical (unpaired) electrons. The average molecular weight is 321 g/mol. The van der Waals surface area contributed by atoms with E-state index in [1.807, 2.05) is 6.07 Å². The monoisotopic (exact) mass is 321 g/mol. The number of rotatable bonds is 2. The van der Waals surface area contributed by atoms with Crippen LogP contribution in [0, 0.1) is 0 Å². The molecule has 23 heavy (non-hydrogen) atoms. The summed E-state index contributed by atoms with van der Waals surface area (Å²) >= 11 is 0. The van der Waals surface area contributed by atoms with Crippen molar-refractivity contribution in [1.82, 2.24) is 0 Å². The minimum absolute atomic E-state index is 0.168. The highest BCUT2D eigenvalue weighted by Gasteiger charge is 2.30. The molecule has 1 amide bonds. The smallest absolute Gasteiger partial charge is 0.382 e. The summed E-state index contributed by atoms with van der Waals surface area (Å²) in [4.78, 5) is 12.1. The van der Waals surface area contributed by atoms with E-state index < -0.39 is 17.6 Å². The number of hydrogen-bond acceptors (Lipinski definition) is 3. The molecule has 4 nitrogen and oxygen atoms in total. The van der Waals surface area contributed by atoms with Crippen LogP contribution in [-0.2, 0) is 6.18 Å². The maximum atomic E-state index is 12.5. The molecule has 1 heterocycles. The summed E-state index contributed by atoms with van der Waals surface area (Å²) in [6.07, 6.45) is -4.41. The predicted molar refractivity (Wildman–Crippen MR) is 82.8 cm³/mol. The lowest BCUT2D eigenvalue weighted by atomic mass is 10.1. The van der Waals surface area contributed by atoms with Crippen molar-refractivity contribution < 1.29 is 18.0 Å². The van der Waals surface area contributed by atoms with Gasteiger partial charge in [0.15, 0.2) is 0 Å². The first-order valence-corrected chi connectivity index (χ1v) is 7.04. The Labute approximate surface area is 130 Å². The Bertz CT molecular complexity index is 726. The fraction of sp³-hybridized carbons (Fsp3) is 0.188. The zero-order valence-corrected chi connectivity index (χ0v) is 12.0. The molecule has 1 aliphatic rings. The molecule has 3 rings (SSSR count). The third-order valence-corrected chi connectivity index (χ3v) is 3.51. The van der Waals surface area contributed by atoms with Crippen LogP contribution in [0.5, 0.6) is 0 Å². The zero-order valence-electron chi connectivity index (χ0n) is 12.0. The van der Waals surface area contributed by atoms with E-state index in [1.165, 1.54) is 0 Å². The summed E-state index contributed by atoms with van der Waals surface area (Å²) in [6.45, 7) is 1.60. The molecule has 7 heteroatoms. The first-order valence-electron chi connectivity index (χ1n) is 7.04. The number of alkyl halides is 3. The molecule has 0 bridgehead atoms. The highest BCUT2D eigenvalue weighted by atomic mass is 19.4. The van der Waals surface area contributed by atoms with Crippen molar-refractivity contribution in [2.45, 2.75) is 6.18 Å². The van der Waals surface area contributed by atoms with E-state index >= 15 is 0 Å². The van der Waals surface area contributed by atoms with Crippen LogP contribution in [0.15, 0.2) is 42.5 Å². The Morgan fingerprint density at radius 1 is 0.957 bits per heavy atom. The van der Waals surface area contributed by atoms with Crippen molar-refractivity contribution in [3.63, 3.8) is 0 Å². The average Bonchev–Trinajstić information content (AvgIpc) is 2.54. The molecule has 0 atom stereocenters. The molecule has 0 spiro atoms. The number of carbonyl (C=O) groups excluding carboxylic acids is 1. The third-order valence-electron chi connectivity index (χ3n) is 3.51. The van der Waals surface area contributed by atoms with Gasteiger partial charge in [-0.15, -0.1) is 0 Å². The summed E-state index contributed by atoms with van der Waals surface area (Å²) in [5, 5.41) is 9.09. The van der Waals surface area contributed by atoms with E-state index in [1.54, 1.807) is 12.1 Å². The van der Waals surface area contributed by atoms with Crippen LogP contribution in [0.2, 0.25) is 0 Å². The fourth-order valence-corrected chi connectivity index (χ4v) is 2.33. The normalized spacial score (nSPS) is 13.5. The quantitative estimate of drug-likeness (QED) is 0.789. The molecule has 2 aromatic carbocycles. The van der Waals surface area contributed by atoms with Crippen LogP contribution in [0.1, 0.15) is 15.9 Å². The van der Waals surface area contributed by atoms with Crippen LogP contribution in [0.4, 0.5) is 30.2 Å². The number of benzene rings is 2. The van der Waals surface area contributed by atoms with E-state index in [0.717, 1.165) is 48.7 Å². The second-order valence-electron chi connectivity index (χ2n) is 5.14. The van der Waals surface area contributed by atoms with Gasteiger partial charge in [-0.2, -0.15) is 13.2 Å². The molecule has 0 aliphatic carbocycles. The Morgan fingerprint density at radius 2 is 1.61 bits per heavy atom. The first kappa shape index (κ1) is 15.2. The van der Waals surface area contributed by atoms with E-state index in [4.69, 9.17) is 0 Å². The van der Waals surface area contributed by atoms with Crippen LogP contribution in [0.3, 0.4) is 0 Å². The molecule has 120 valence electrons. The summed E-state index contributed by atoms with van der Waals surface area (Å²) in [7, 11) is 0. The van der Waals surface area contributed by atoms with Gasteiger partial charge in [0, 0.05) is 24.3 Å². The first-order chi connectivity index (χ1) is 10.9. The van der Waals surface area contributed by atoms with Gasteiger partial charge in [-0.1, -0.05) is 0 Å². The Morgan fingerprint density at radius 3 is 2.26 bits per heavy atom. The summed E-state index contributed by atoms with van der Waals surface area (Å²) in [5.41, 5.74) is 1.79. The van der Waals surface area contributed by atoms with Gasteiger partial charge in [0.05, 0.1) is 16.9 Å². The van der Waals surface area contributed by atoms with Gasteiger partial charge in [0.1, 0.15) is 0 Å². The van der Waals surface area contributed by atoms with E-state index in [2.05, 4.69) is 16.0 Å². The molecule has 3 N–H and O–H groups in total. The molecule has 1 aliphatic heterocycles. The SMILES string of the molecule is O=C(Nc1ccc2c(c1)NCCN2)c1ccc(C(F)(F)F)cc1. The van der Waals surface area contributed by atoms with Crippen molar-refractivity contribution in [3.05, 3.63) is 53.6 Å². The van der Waals surface area contributed by atoms with Gasteiger partial charge in [0.2, 0.25) is 0 Å². The van der Waals surface area contributed by atoms with Crippen LogP contribution in [0.25, 0.3) is 0 Å². The summed E-state index contributed by atoms with van der Waals surface area (Å²) in [6, 6.07) is 9.47. The van der Waals surface area contributed by atoms with Gasteiger partial charge in [0.25, 0.3) is 5.91 Å². The Hall–Kier alpha value is -2.70. The molecular formula is C16H14F3N3O. The molecule has 0 aromatic heterocycles. The number of nitrogens with one attached hydrogen (secondary N) is 3. The van der Waals surface area contributed by atoms with Crippen molar-refractivity contribution in [2.75, 3.05) is 29.0 Å².